The van der Waals surface area contributed by atoms with Crippen LogP contribution in [0, 0.1) is 28.9 Å². The number of nitrogens with zero attached hydrogens (tertiary/aromatic N) is 3. The van der Waals surface area contributed by atoms with Crippen molar-refractivity contribution in [1.29, 1.82) is 5.26 Å². The molecule has 1 aliphatic rings. The minimum absolute atomic E-state index is 0.0785. The summed E-state index contributed by atoms with van der Waals surface area (Å²) in [5, 5.41) is 9.22. The summed E-state index contributed by atoms with van der Waals surface area (Å²) in [5.74, 6) is -2.00. The predicted molar refractivity (Wildman–Crippen MR) is 165 cm³/mol. The predicted octanol–water partition coefficient (Wildman–Crippen LogP) is 10.9. The molecule has 1 atom stereocenters. The lowest BCUT2D eigenvalue weighted by Crippen LogP contribution is -2.47. The number of alkyl halides is 6. The average Bonchev–Trinajstić information content (AvgIpc) is 3.01. The van der Waals surface area contributed by atoms with E-state index in [4.69, 9.17) is 34.2 Å². The van der Waals surface area contributed by atoms with Crippen LogP contribution >= 0.6 is 39.1 Å². The maximum Gasteiger partial charge on any atom is 0.416 e. The first-order chi connectivity index (χ1) is 21.9. The van der Waals surface area contributed by atoms with Crippen molar-refractivity contribution in [3.05, 3.63) is 127 Å². The molecule has 0 bridgehead atoms. The van der Waals surface area contributed by atoms with Gasteiger partial charge in [-0.15, -0.1) is 0 Å². The second-order valence-electron chi connectivity index (χ2n) is 10.4. The van der Waals surface area contributed by atoms with Crippen molar-refractivity contribution >= 4 is 39.1 Å². The minimum atomic E-state index is -4.66. The van der Waals surface area contributed by atoms with Gasteiger partial charge in [-0.2, -0.15) is 31.6 Å². The van der Waals surface area contributed by atoms with Crippen LogP contribution in [0.25, 0.3) is 0 Å². The lowest BCUT2D eigenvalue weighted by molar-refractivity contribution is -0.138. The molecule has 2 aromatic heterocycles. The summed E-state index contributed by atoms with van der Waals surface area (Å²) in [6.07, 6.45) is -1.89. The highest BCUT2D eigenvalue weighted by Crippen LogP contribution is 2.43. The normalized spacial score (nSPS) is 14.9. The van der Waals surface area contributed by atoms with Gasteiger partial charge >= 0.3 is 12.4 Å². The third-order valence-electron chi connectivity index (χ3n) is 7.13. The number of hydrogen-bond donors (Lipinski definition) is 1. The highest BCUT2D eigenvalue weighted by Gasteiger charge is 2.42. The minimum Gasteiger partial charge on any atom is -0.316 e. The lowest BCUT2D eigenvalue weighted by atomic mass is 9.69. The molecule has 2 N–H and O–H groups in total. The Bertz CT molecular complexity index is 1650. The number of hydrogen-bond acceptors (Lipinski definition) is 4. The number of benzene rings is 2. The highest BCUT2D eigenvalue weighted by atomic mass is 79.9. The molecular formula is C32H25BrCl2F8N4. The van der Waals surface area contributed by atoms with Crippen LogP contribution < -0.4 is 5.73 Å². The smallest absolute Gasteiger partial charge is 0.316 e. The molecule has 15 heteroatoms. The topological polar surface area (TPSA) is 75.6 Å². The first-order valence-electron chi connectivity index (χ1n) is 13.8. The van der Waals surface area contributed by atoms with E-state index in [0.717, 1.165) is 56.4 Å². The number of aromatic nitrogens is 2. The average molecular weight is 768 g/mol. The molecule has 0 amide bonds. The zero-order valence-corrected chi connectivity index (χ0v) is 27.2. The van der Waals surface area contributed by atoms with Gasteiger partial charge in [-0.3, -0.25) is 4.98 Å². The first-order valence-corrected chi connectivity index (χ1v) is 15.3. The molecule has 0 saturated heterocycles. The number of nitrogens with two attached hydrogens (primary N) is 1. The molecule has 0 aliphatic heterocycles. The fourth-order valence-corrected chi connectivity index (χ4v) is 5.61. The Kier molecular flexibility index (Phi) is 13.1. The van der Waals surface area contributed by atoms with E-state index in [1.165, 1.54) is 12.4 Å². The molecule has 250 valence electrons. The van der Waals surface area contributed by atoms with Gasteiger partial charge < -0.3 is 5.73 Å². The van der Waals surface area contributed by atoms with Crippen molar-refractivity contribution in [2.24, 2.45) is 11.7 Å². The van der Waals surface area contributed by atoms with Crippen LogP contribution in [-0.2, 0) is 17.9 Å². The molecule has 1 unspecified atom stereocenters. The third-order valence-corrected chi connectivity index (χ3v) is 8.04. The fourth-order valence-electron chi connectivity index (χ4n) is 4.92. The maximum absolute atomic E-state index is 14.0. The van der Waals surface area contributed by atoms with Crippen LogP contribution in [0.4, 0.5) is 35.1 Å². The van der Waals surface area contributed by atoms with Gasteiger partial charge in [-0.1, -0.05) is 58.4 Å². The summed E-state index contributed by atoms with van der Waals surface area (Å²) in [7, 11) is 0. The van der Waals surface area contributed by atoms with E-state index >= 15 is 0 Å². The van der Waals surface area contributed by atoms with Crippen LogP contribution in [0.2, 0.25) is 10.0 Å². The molecule has 4 aromatic rings. The van der Waals surface area contributed by atoms with Gasteiger partial charge in [0.15, 0.2) is 0 Å². The Morgan fingerprint density at radius 1 is 0.723 bits per heavy atom. The molecule has 0 spiro atoms. The van der Waals surface area contributed by atoms with E-state index in [1.54, 1.807) is 24.3 Å². The molecule has 1 saturated carbocycles. The third kappa shape index (κ3) is 10.9. The van der Waals surface area contributed by atoms with Gasteiger partial charge in [0.25, 0.3) is 0 Å². The van der Waals surface area contributed by atoms with Gasteiger partial charge in [-0.05, 0) is 85.0 Å². The van der Waals surface area contributed by atoms with E-state index in [1.807, 2.05) is 6.07 Å². The SMILES string of the molecule is Fc1cc(Br)cc(C(F)(F)F)c1.N#Cc1ccc(Cl)cn1.NC(c1cc(F)cc(C(F)(F)F)c1)(c1ccc(Cl)cn1)C1CCCCC1. The molecule has 5 rings (SSSR count). The Balaban J connectivity index is 0.000000234. The van der Waals surface area contributed by atoms with Crippen LogP contribution in [0.3, 0.4) is 0 Å². The highest BCUT2D eigenvalue weighted by molar-refractivity contribution is 9.10. The van der Waals surface area contributed by atoms with E-state index in [9.17, 15) is 35.1 Å². The van der Waals surface area contributed by atoms with Crippen molar-refractivity contribution in [2.45, 2.75) is 50.0 Å². The van der Waals surface area contributed by atoms with Crippen LogP contribution in [0.1, 0.15) is 60.2 Å². The molecule has 0 radical (unpaired) electrons. The summed E-state index contributed by atoms with van der Waals surface area (Å²) in [5.41, 5.74) is 4.23. The van der Waals surface area contributed by atoms with Crippen LogP contribution in [0.5, 0.6) is 0 Å². The molecular weight excluding hydrogens is 743 g/mol. The first kappa shape index (κ1) is 38.1. The number of pyridine rings is 2. The molecule has 2 aromatic carbocycles. The zero-order chi connectivity index (χ0) is 35.0. The van der Waals surface area contributed by atoms with Gasteiger partial charge in [0.1, 0.15) is 23.4 Å². The molecule has 47 heavy (non-hydrogen) atoms. The summed E-state index contributed by atoms with van der Waals surface area (Å²) in [6, 6.07) is 13.0. The molecule has 1 fully saturated rings. The molecule has 1 aliphatic carbocycles. The van der Waals surface area contributed by atoms with Crippen molar-refractivity contribution in [3.63, 3.8) is 0 Å². The molecule has 2 heterocycles. The van der Waals surface area contributed by atoms with Crippen LogP contribution in [0.15, 0.2) is 77.5 Å². The quantitative estimate of drug-likeness (QED) is 0.211. The second-order valence-corrected chi connectivity index (χ2v) is 12.2. The zero-order valence-electron chi connectivity index (χ0n) is 24.1. The van der Waals surface area contributed by atoms with Gasteiger partial charge in [-0.25, -0.2) is 13.8 Å². The van der Waals surface area contributed by atoms with E-state index in [2.05, 4.69) is 25.9 Å². The van der Waals surface area contributed by atoms with Gasteiger partial charge in [0.2, 0.25) is 0 Å². The lowest BCUT2D eigenvalue weighted by Gasteiger charge is -2.40. The monoisotopic (exact) mass is 766 g/mol. The van der Waals surface area contributed by atoms with E-state index in [-0.39, 0.29) is 16.0 Å². The van der Waals surface area contributed by atoms with Gasteiger partial charge in [0, 0.05) is 16.9 Å². The summed E-state index contributed by atoms with van der Waals surface area (Å²) in [4.78, 5) is 7.97. The Labute approximate surface area is 283 Å². The van der Waals surface area contributed by atoms with E-state index < -0.39 is 40.7 Å². The van der Waals surface area contributed by atoms with E-state index in [0.29, 0.717) is 33.6 Å². The van der Waals surface area contributed by atoms with Crippen molar-refractivity contribution < 1.29 is 35.1 Å². The summed E-state index contributed by atoms with van der Waals surface area (Å²) >= 11 is 14.2. The Hall–Kier alpha value is -3.31. The summed E-state index contributed by atoms with van der Waals surface area (Å²) in [6.45, 7) is 0. The van der Waals surface area contributed by atoms with Crippen molar-refractivity contribution in [3.8, 4) is 6.07 Å². The summed E-state index contributed by atoms with van der Waals surface area (Å²) < 4.78 is 102. The largest absolute Gasteiger partial charge is 0.416 e. The van der Waals surface area contributed by atoms with Crippen molar-refractivity contribution in [1.82, 2.24) is 9.97 Å². The Morgan fingerprint density at radius 3 is 1.70 bits per heavy atom. The number of rotatable bonds is 3. The van der Waals surface area contributed by atoms with Crippen LogP contribution in [-0.4, -0.2) is 9.97 Å². The Morgan fingerprint density at radius 2 is 1.23 bits per heavy atom. The number of halogens is 11. The van der Waals surface area contributed by atoms with Crippen molar-refractivity contribution in [2.75, 3.05) is 0 Å². The maximum atomic E-state index is 14.0. The number of nitriles is 1. The fraction of sp³-hybridized carbons (Fsp3) is 0.281. The second kappa shape index (κ2) is 16.2. The standard InChI is InChI=1S/C19H19ClF4N2.C7H3BrF4.C6H3ClN2/c20-15-6-7-17(26-11-15)18(25,12-4-2-1-3-5-12)13-8-14(19(22,23)24)10-16(21)9-13;8-5-1-4(7(10,11)12)2-6(9)3-5;7-5-1-2-6(3-8)9-4-5/h6-12H,1-5,25H2;1-3H;1-2,4H. The molecule has 4 nitrogen and oxygen atoms in total. The van der Waals surface area contributed by atoms with Gasteiger partial charge in [0.05, 0.1) is 32.4 Å².